The smallest absolute Gasteiger partial charge is 0.0498 e. The van der Waals surface area contributed by atoms with Gasteiger partial charge < -0.3 is 5.73 Å². The van der Waals surface area contributed by atoms with Gasteiger partial charge in [-0.1, -0.05) is 91.0 Å². The summed E-state index contributed by atoms with van der Waals surface area (Å²) in [7, 11) is 0. The zero-order valence-electron chi connectivity index (χ0n) is 15.1. The van der Waals surface area contributed by atoms with Crippen LogP contribution in [0.15, 0.2) is 103 Å². The van der Waals surface area contributed by atoms with Gasteiger partial charge in [0.1, 0.15) is 0 Å². The van der Waals surface area contributed by atoms with E-state index in [0.717, 1.165) is 12.1 Å². The summed E-state index contributed by atoms with van der Waals surface area (Å²) in [5.74, 6) is 0. The molecule has 0 spiro atoms. The molecule has 0 unspecified atom stereocenters. The van der Waals surface area contributed by atoms with E-state index in [4.69, 9.17) is 5.73 Å². The Labute approximate surface area is 160 Å². The summed E-state index contributed by atoms with van der Waals surface area (Å²) in [6.07, 6.45) is 0.924. The van der Waals surface area contributed by atoms with E-state index < -0.39 is 0 Å². The van der Waals surface area contributed by atoms with Gasteiger partial charge in [-0.05, 0) is 51.9 Å². The second-order valence-corrected chi connectivity index (χ2v) is 7.28. The van der Waals surface area contributed by atoms with E-state index in [-0.39, 0.29) is 5.41 Å². The van der Waals surface area contributed by atoms with Crippen LogP contribution in [0.1, 0.15) is 22.3 Å². The van der Waals surface area contributed by atoms with Gasteiger partial charge in [0.05, 0.1) is 0 Å². The van der Waals surface area contributed by atoms with Crippen molar-refractivity contribution in [3.8, 4) is 11.1 Å². The highest BCUT2D eigenvalue weighted by atomic mass is 14.6. The largest absolute Gasteiger partial charge is 0.399 e. The third kappa shape index (κ3) is 2.39. The lowest BCUT2D eigenvalue weighted by Crippen LogP contribution is -2.35. The summed E-state index contributed by atoms with van der Waals surface area (Å²) in [5.41, 5.74) is 14.7. The molecule has 0 amide bonds. The molecule has 0 saturated carbocycles. The van der Waals surface area contributed by atoms with Crippen LogP contribution in [0, 0.1) is 0 Å². The van der Waals surface area contributed by atoms with Crippen LogP contribution in [0.3, 0.4) is 0 Å². The molecule has 0 aliphatic heterocycles. The maximum absolute atomic E-state index is 6.28. The maximum atomic E-state index is 6.28. The first-order valence-electron chi connectivity index (χ1n) is 9.38. The zero-order valence-corrected chi connectivity index (χ0v) is 15.1. The Balaban J connectivity index is 1.91. The average Bonchev–Trinajstić information content (AvgIpc) is 2.74. The first kappa shape index (κ1) is 15.9. The van der Waals surface area contributed by atoms with Crippen molar-refractivity contribution in [2.24, 2.45) is 0 Å². The van der Waals surface area contributed by atoms with Crippen molar-refractivity contribution >= 4 is 5.69 Å². The monoisotopic (exact) mass is 347 g/mol. The SMILES string of the molecule is Nc1ccc2c(c1)C(c1ccccc1)(c1ccccc1)Cc1ccccc1-2. The van der Waals surface area contributed by atoms with Gasteiger partial charge in [0.15, 0.2) is 0 Å². The molecular weight excluding hydrogens is 326 g/mol. The second-order valence-electron chi connectivity index (χ2n) is 7.28. The van der Waals surface area contributed by atoms with Gasteiger partial charge >= 0.3 is 0 Å². The van der Waals surface area contributed by atoms with Crippen LogP contribution in [-0.2, 0) is 11.8 Å². The van der Waals surface area contributed by atoms with Gasteiger partial charge in [-0.25, -0.2) is 0 Å². The van der Waals surface area contributed by atoms with Gasteiger partial charge in [-0.15, -0.1) is 0 Å². The lowest BCUT2D eigenvalue weighted by molar-refractivity contribution is 0.606. The maximum Gasteiger partial charge on any atom is 0.0498 e. The number of rotatable bonds is 2. The zero-order chi connectivity index (χ0) is 18.3. The molecule has 2 N–H and O–H groups in total. The van der Waals surface area contributed by atoms with E-state index in [1.165, 1.54) is 33.4 Å². The van der Waals surface area contributed by atoms with Gasteiger partial charge in [0, 0.05) is 11.1 Å². The molecule has 0 heterocycles. The van der Waals surface area contributed by atoms with E-state index in [0.29, 0.717) is 0 Å². The Bertz CT molecular complexity index is 1060. The Kier molecular flexibility index (Phi) is 3.61. The summed E-state index contributed by atoms with van der Waals surface area (Å²) in [5, 5.41) is 0. The Morgan fingerprint density at radius 2 is 1.19 bits per heavy atom. The molecule has 4 aromatic carbocycles. The minimum Gasteiger partial charge on any atom is -0.399 e. The number of nitrogens with two attached hydrogens (primary N) is 1. The third-order valence-electron chi connectivity index (χ3n) is 5.80. The fraction of sp³-hybridized carbons (Fsp3) is 0.0769. The van der Waals surface area contributed by atoms with Gasteiger partial charge in [-0.3, -0.25) is 0 Å². The Morgan fingerprint density at radius 1 is 0.593 bits per heavy atom. The standard InChI is InChI=1S/C26H21N/c27-22-15-16-24-23-14-8-7-9-19(23)18-26(25(24)17-22,20-10-3-1-4-11-20)21-12-5-2-6-13-21/h1-17H,18,27H2. The summed E-state index contributed by atoms with van der Waals surface area (Å²) in [6.45, 7) is 0. The molecule has 1 aliphatic carbocycles. The minimum absolute atomic E-state index is 0.248. The molecule has 0 atom stereocenters. The van der Waals surface area contributed by atoms with Crippen molar-refractivity contribution in [1.82, 2.24) is 0 Å². The fourth-order valence-corrected chi connectivity index (χ4v) is 4.60. The van der Waals surface area contributed by atoms with Crippen LogP contribution in [0.5, 0.6) is 0 Å². The molecule has 27 heavy (non-hydrogen) atoms. The molecule has 0 radical (unpaired) electrons. The topological polar surface area (TPSA) is 26.0 Å². The molecule has 1 nitrogen and oxygen atoms in total. The summed E-state index contributed by atoms with van der Waals surface area (Å²) in [6, 6.07) is 36.8. The highest BCUT2D eigenvalue weighted by Gasteiger charge is 2.41. The van der Waals surface area contributed by atoms with Gasteiger partial charge in [0.25, 0.3) is 0 Å². The van der Waals surface area contributed by atoms with E-state index in [2.05, 4.69) is 97.1 Å². The highest BCUT2D eigenvalue weighted by Crippen LogP contribution is 2.51. The van der Waals surface area contributed by atoms with Crippen LogP contribution in [0.2, 0.25) is 0 Å². The predicted molar refractivity (Wildman–Crippen MR) is 113 cm³/mol. The van der Waals surface area contributed by atoms with Gasteiger partial charge in [0.2, 0.25) is 0 Å². The van der Waals surface area contributed by atoms with Crippen LogP contribution >= 0.6 is 0 Å². The van der Waals surface area contributed by atoms with Crippen molar-refractivity contribution < 1.29 is 0 Å². The number of benzene rings is 4. The first-order valence-corrected chi connectivity index (χ1v) is 9.38. The molecule has 1 aliphatic rings. The molecular formula is C26H21N. The van der Waals surface area contributed by atoms with Crippen molar-refractivity contribution in [3.63, 3.8) is 0 Å². The molecule has 130 valence electrons. The number of hydrogen-bond donors (Lipinski definition) is 1. The van der Waals surface area contributed by atoms with E-state index >= 15 is 0 Å². The lowest BCUT2D eigenvalue weighted by atomic mass is 9.61. The van der Waals surface area contributed by atoms with Crippen molar-refractivity contribution in [2.75, 3.05) is 5.73 Å². The third-order valence-corrected chi connectivity index (χ3v) is 5.80. The first-order chi connectivity index (χ1) is 13.3. The molecule has 0 bridgehead atoms. The number of fused-ring (bicyclic) bond motifs is 3. The highest BCUT2D eigenvalue weighted by molar-refractivity contribution is 5.80. The summed E-state index contributed by atoms with van der Waals surface area (Å²) >= 11 is 0. The summed E-state index contributed by atoms with van der Waals surface area (Å²) < 4.78 is 0. The number of anilines is 1. The quantitative estimate of drug-likeness (QED) is 0.454. The van der Waals surface area contributed by atoms with E-state index in [1.54, 1.807) is 0 Å². The van der Waals surface area contributed by atoms with Gasteiger partial charge in [-0.2, -0.15) is 0 Å². The second kappa shape index (κ2) is 6.14. The molecule has 1 heteroatoms. The van der Waals surface area contributed by atoms with Crippen LogP contribution in [0.25, 0.3) is 11.1 Å². The molecule has 0 fully saturated rings. The molecule has 0 saturated heterocycles. The Morgan fingerprint density at radius 3 is 1.85 bits per heavy atom. The molecule has 0 aromatic heterocycles. The van der Waals surface area contributed by atoms with E-state index in [9.17, 15) is 0 Å². The van der Waals surface area contributed by atoms with Crippen molar-refractivity contribution in [2.45, 2.75) is 11.8 Å². The molecule has 5 rings (SSSR count). The molecule has 4 aromatic rings. The van der Waals surface area contributed by atoms with Crippen LogP contribution in [-0.4, -0.2) is 0 Å². The van der Waals surface area contributed by atoms with Crippen LogP contribution < -0.4 is 5.73 Å². The van der Waals surface area contributed by atoms with Crippen LogP contribution in [0.4, 0.5) is 5.69 Å². The minimum atomic E-state index is -0.248. The number of nitrogen functional groups attached to an aromatic ring is 1. The summed E-state index contributed by atoms with van der Waals surface area (Å²) in [4.78, 5) is 0. The number of hydrogen-bond acceptors (Lipinski definition) is 1. The Hall–Kier alpha value is -3.32. The van der Waals surface area contributed by atoms with E-state index in [1.807, 2.05) is 6.07 Å². The fourth-order valence-electron chi connectivity index (χ4n) is 4.60. The van der Waals surface area contributed by atoms with Crippen molar-refractivity contribution in [3.05, 3.63) is 125 Å². The lowest BCUT2D eigenvalue weighted by Gasteiger charge is -2.41. The average molecular weight is 347 g/mol. The normalized spacial score (nSPS) is 14.2. The van der Waals surface area contributed by atoms with Crippen molar-refractivity contribution in [1.29, 1.82) is 0 Å². The predicted octanol–water partition coefficient (Wildman–Crippen LogP) is 5.83.